The van der Waals surface area contributed by atoms with Crippen molar-refractivity contribution in [3.05, 3.63) is 46.5 Å². The summed E-state index contributed by atoms with van der Waals surface area (Å²) in [6, 6.07) is 6.92. The first-order valence-electron chi connectivity index (χ1n) is 13.3. The maximum atomic E-state index is 14.8. The quantitative estimate of drug-likeness (QED) is 0.230. The van der Waals surface area contributed by atoms with E-state index in [9.17, 15) is 14.0 Å². The molecular formula is C28H28Cl2FN5O4. The lowest BCUT2D eigenvalue weighted by Crippen LogP contribution is -2.61. The Balaban J connectivity index is 1.32. The van der Waals surface area contributed by atoms with E-state index in [1.165, 1.54) is 18.5 Å². The molecule has 1 saturated carbocycles. The van der Waals surface area contributed by atoms with Crippen molar-refractivity contribution in [3.8, 4) is 11.5 Å². The van der Waals surface area contributed by atoms with Gasteiger partial charge in [0.2, 0.25) is 6.29 Å². The number of carbonyl (C=O) groups excluding carboxylic acids is 2. The molecule has 2 aromatic carbocycles. The van der Waals surface area contributed by atoms with E-state index in [4.69, 9.17) is 32.7 Å². The van der Waals surface area contributed by atoms with E-state index in [-0.39, 0.29) is 33.7 Å². The highest BCUT2D eigenvalue weighted by atomic mass is 35.5. The molecule has 40 heavy (non-hydrogen) atoms. The maximum Gasteiger partial charge on any atom is 0.286 e. The van der Waals surface area contributed by atoms with Gasteiger partial charge < -0.3 is 24.6 Å². The molecule has 3 fully saturated rings. The lowest BCUT2D eigenvalue weighted by Gasteiger charge is -2.52. The molecule has 3 aromatic rings. The smallest absolute Gasteiger partial charge is 0.286 e. The van der Waals surface area contributed by atoms with Gasteiger partial charge in [-0.05, 0) is 51.1 Å². The molecule has 2 bridgehead atoms. The van der Waals surface area contributed by atoms with Gasteiger partial charge in [-0.2, -0.15) is 0 Å². The average molecular weight is 588 g/mol. The molecule has 3 atom stereocenters. The zero-order valence-corrected chi connectivity index (χ0v) is 23.3. The largest absolute Gasteiger partial charge is 0.488 e. The van der Waals surface area contributed by atoms with Gasteiger partial charge in [0.25, 0.3) is 5.91 Å². The molecule has 210 valence electrons. The first-order chi connectivity index (χ1) is 19.3. The molecule has 1 N–H and O–H groups in total. The van der Waals surface area contributed by atoms with E-state index in [1.807, 2.05) is 12.1 Å². The number of likely N-dealkylation sites (tertiary alicyclic amines) is 2. The normalized spacial score (nSPS) is 24.1. The van der Waals surface area contributed by atoms with Crippen molar-refractivity contribution in [1.29, 1.82) is 0 Å². The fraction of sp³-hybridized carbons (Fsp3) is 0.429. The number of likely N-dealkylation sites (N-methyl/N-ethyl adjacent to an activating group) is 1. The fourth-order valence-electron chi connectivity index (χ4n) is 5.93. The van der Waals surface area contributed by atoms with Crippen LogP contribution in [0.2, 0.25) is 10.0 Å². The fourth-order valence-corrected chi connectivity index (χ4v) is 6.24. The Morgan fingerprint density at radius 3 is 2.73 bits per heavy atom. The molecule has 12 heteroatoms. The second-order valence-corrected chi connectivity index (χ2v) is 11.5. The van der Waals surface area contributed by atoms with Gasteiger partial charge in [0.1, 0.15) is 24.9 Å². The second-order valence-electron chi connectivity index (χ2n) is 10.7. The Labute approximate surface area is 240 Å². The minimum atomic E-state index is -0.685. The van der Waals surface area contributed by atoms with Crippen LogP contribution in [0, 0.1) is 17.7 Å². The molecule has 6 rings (SSSR count). The van der Waals surface area contributed by atoms with E-state index in [1.54, 1.807) is 4.90 Å². The summed E-state index contributed by atoms with van der Waals surface area (Å²) in [5.74, 6) is 0.495. The van der Waals surface area contributed by atoms with E-state index < -0.39 is 11.7 Å². The topological polar surface area (TPSA) is 96.9 Å². The molecule has 1 aliphatic carbocycles. The molecule has 3 heterocycles. The number of hydrogen-bond donors (Lipinski definition) is 1. The Bertz CT molecular complexity index is 1460. The van der Waals surface area contributed by atoms with Gasteiger partial charge in [0.15, 0.2) is 17.3 Å². The number of benzene rings is 2. The predicted molar refractivity (Wildman–Crippen MR) is 149 cm³/mol. The summed E-state index contributed by atoms with van der Waals surface area (Å²) >= 11 is 12.0. The number of nitrogens with zero attached hydrogens (tertiary/aromatic N) is 4. The summed E-state index contributed by atoms with van der Waals surface area (Å²) in [7, 11) is 2.09. The molecule has 3 aliphatic rings. The third kappa shape index (κ3) is 5.04. The van der Waals surface area contributed by atoms with Gasteiger partial charge in [-0.1, -0.05) is 23.2 Å². The highest BCUT2D eigenvalue weighted by molar-refractivity contribution is 6.42. The van der Waals surface area contributed by atoms with E-state index in [2.05, 4.69) is 27.2 Å². The minimum absolute atomic E-state index is 0.113. The Kier molecular flexibility index (Phi) is 7.41. The van der Waals surface area contributed by atoms with Gasteiger partial charge in [-0.25, -0.2) is 14.4 Å². The number of amides is 1. The van der Waals surface area contributed by atoms with Gasteiger partial charge >= 0.3 is 0 Å². The lowest BCUT2D eigenvalue weighted by atomic mass is 9.68. The van der Waals surface area contributed by atoms with Crippen molar-refractivity contribution in [2.45, 2.75) is 31.4 Å². The van der Waals surface area contributed by atoms with E-state index >= 15 is 0 Å². The minimum Gasteiger partial charge on any atom is -0.488 e. The number of aromatic nitrogens is 2. The van der Waals surface area contributed by atoms with Crippen LogP contribution in [0.4, 0.5) is 15.9 Å². The number of rotatable bonds is 8. The Hall–Kier alpha value is -3.21. The third-order valence-electron chi connectivity index (χ3n) is 8.21. The highest BCUT2D eigenvalue weighted by Gasteiger charge is 2.49. The van der Waals surface area contributed by atoms with Crippen molar-refractivity contribution in [2.75, 3.05) is 38.6 Å². The summed E-state index contributed by atoms with van der Waals surface area (Å²) in [6.07, 6.45) is 4.74. The molecule has 1 amide bonds. The summed E-state index contributed by atoms with van der Waals surface area (Å²) in [4.78, 5) is 35.6. The van der Waals surface area contributed by atoms with Crippen LogP contribution in [-0.2, 0) is 9.59 Å². The van der Waals surface area contributed by atoms with Crippen LogP contribution in [0.1, 0.15) is 19.3 Å². The van der Waals surface area contributed by atoms with Crippen LogP contribution in [0.15, 0.2) is 30.6 Å². The number of hydrogen-bond acceptors (Lipinski definition) is 8. The molecule has 2 saturated heterocycles. The average Bonchev–Trinajstić information content (AvgIpc) is 3.38. The molecule has 9 nitrogen and oxygen atoms in total. The van der Waals surface area contributed by atoms with Crippen molar-refractivity contribution in [2.24, 2.45) is 11.8 Å². The zero-order valence-electron chi connectivity index (χ0n) is 21.8. The number of ether oxygens (including phenoxy) is 2. The Morgan fingerprint density at radius 1 is 1.20 bits per heavy atom. The zero-order chi connectivity index (χ0) is 28.0. The highest BCUT2D eigenvalue weighted by Crippen LogP contribution is 2.45. The van der Waals surface area contributed by atoms with Gasteiger partial charge in [0, 0.05) is 42.4 Å². The van der Waals surface area contributed by atoms with Crippen molar-refractivity contribution in [1.82, 2.24) is 19.8 Å². The number of carbonyl (C=O) groups is 2. The van der Waals surface area contributed by atoms with Crippen LogP contribution in [-0.4, -0.2) is 77.4 Å². The summed E-state index contributed by atoms with van der Waals surface area (Å²) in [6.45, 7) is 2.48. The van der Waals surface area contributed by atoms with Crippen LogP contribution < -0.4 is 14.8 Å². The number of halogens is 3. The first kappa shape index (κ1) is 27.0. The standard InChI is InChI=1S/C28H28Cl2FN5O4/c1-35-6-2-3-17(35)13-39-22-9-21-18(28(33-14-32-21)34-20-5-4-19(29)25(30)26(20)31)8-23(22)40-27-15-7-16(27)11-36(10-15)24(38)12-37/h4-5,8-9,12,14-17,27H,2-3,6-7,10-11,13H2,1H3,(H,32,33,34). The van der Waals surface area contributed by atoms with Gasteiger partial charge in [-0.15, -0.1) is 0 Å². The van der Waals surface area contributed by atoms with Crippen molar-refractivity contribution < 1.29 is 23.5 Å². The van der Waals surface area contributed by atoms with Crippen LogP contribution >= 0.6 is 23.2 Å². The number of aldehydes is 1. The van der Waals surface area contributed by atoms with Gasteiger partial charge in [-0.3, -0.25) is 9.59 Å². The summed E-state index contributed by atoms with van der Waals surface area (Å²) < 4.78 is 27.7. The number of anilines is 2. The maximum absolute atomic E-state index is 14.8. The van der Waals surface area contributed by atoms with Crippen LogP contribution in [0.3, 0.4) is 0 Å². The molecule has 2 aliphatic heterocycles. The second kappa shape index (κ2) is 11.0. The summed E-state index contributed by atoms with van der Waals surface area (Å²) in [5, 5.41) is 3.55. The number of piperidine rings is 2. The van der Waals surface area contributed by atoms with Crippen molar-refractivity contribution in [3.63, 3.8) is 0 Å². The SMILES string of the molecule is CN1CCCC1COc1cc2ncnc(Nc3ccc(Cl)c(Cl)c3F)c2cc1OC1C2CC1CN(C(=O)C=O)C2. The monoisotopic (exact) mass is 587 g/mol. The lowest BCUT2D eigenvalue weighted by molar-refractivity contribution is -0.151. The third-order valence-corrected chi connectivity index (χ3v) is 8.99. The summed E-state index contributed by atoms with van der Waals surface area (Å²) in [5.41, 5.74) is 0.714. The number of fused-ring (bicyclic) bond motifs is 3. The van der Waals surface area contributed by atoms with E-state index in [0.29, 0.717) is 60.2 Å². The predicted octanol–water partition coefficient (Wildman–Crippen LogP) is 4.72. The van der Waals surface area contributed by atoms with Crippen LogP contribution in [0.25, 0.3) is 10.9 Å². The van der Waals surface area contributed by atoms with E-state index in [0.717, 1.165) is 25.8 Å². The molecule has 0 radical (unpaired) electrons. The molecular weight excluding hydrogens is 560 g/mol. The molecule has 3 unspecified atom stereocenters. The molecule has 0 spiro atoms. The van der Waals surface area contributed by atoms with Gasteiger partial charge in [0.05, 0.1) is 21.2 Å². The Morgan fingerprint density at radius 2 is 2.00 bits per heavy atom. The molecule has 1 aromatic heterocycles. The van der Waals surface area contributed by atoms with Crippen molar-refractivity contribution >= 4 is 57.8 Å². The first-order valence-corrected chi connectivity index (χ1v) is 14.0. The van der Waals surface area contributed by atoms with Crippen LogP contribution in [0.5, 0.6) is 11.5 Å². The number of nitrogens with one attached hydrogen (secondary N) is 1.